The van der Waals surface area contributed by atoms with Crippen LogP contribution in [-0.4, -0.2) is 164 Å². The molecule has 9 aliphatic rings. The second-order valence-corrected chi connectivity index (χ2v) is 21.5. The Bertz CT molecular complexity index is 1530. The zero-order valence-corrected chi connectivity index (χ0v) is 36.7. The SMILES string of the molecule is C[C@@H]1CC[C@@]2(OC1)O[C@H]1C[C@@H]3[C@@H]4CC[C@H]5C[C@@H](O[C@@H]6O[C@H](CO)[C@@H](O[C@@H]7O[C@H](C)[C@@H](O)[C@H](O)[C@@H]7O)[C@H](O)[C@H]6O[C@@H]6O[C@@H](C)[C@H](O)[C@@H](O)[C@H]6O)CC[C@]5(C)[C@H]4CC[C@]3(C)[C@H]1[C@@H]2C. The molecule has 0 unspecified atom stereocenters. The summed E-state index contributed by atoms with van der Waals surface area (Å²) in [5.74, 6) is 3.27. The molecular weight excluding hydrogens is 796 g/mol. The fourth-order valence-corrected chi connectivity index (χ4v) is 14.6. The molecule has 9 rings (SSSR count). The van der Waals surface area contributed by atoms with Gasteiger partial charge in [-0.3, -0.25) is 0 Å². The van der Waals surface area contributed by atoms with Gasteiger partial charge in [-0.2, -0.15) is 0 Å². The largest absolute Gasteiger partial charge is 0.394 e. The highest BCUT2D eigenvalue weighted by molar-refractivity contribution is 5.15. The minimum Gasteiger partial charge on any atom is -0.394 e. The maximum atomic E-state index is 12.0. The maximum absolute atomic E-state index is 12.0. The summed E-state index contributed by atoms with van der Waals surface area (Å²) in [7, 11) is 0. The van der Waals surface area contributed by atoms with Crippen LogP contribution in [-0.2, 0) is 37.9 Å². The highest BCUT2D eigenvalue weighted by Crippen LogP contribution is 2.71. The lowest BCUT2D eigenvalue weighted by Gasteiger charge is -2.61. The van der Waals surface area contributed by atoms with E-state index in [1.54, 1.807) is 0 Å². The van der Waals surface area contributed by atoms with Crippen molar-refractivity contribution in [1.82, 2.24) is 0 Å². The molecule has 4 saturated carbocycles. The van der Waals surface area contributed by atoms with Crippen molar-refractivity contribution in [2.75, 3.05) is 13.2 Å². The second-order valence-electron chi connectivity index (χ2n) is 21.5. The first-order chi connectivity index (χ1) is 28.9. The van der Waals surface area contributed by atoms with Crippen LogP contribution in [0.5, 0.6) is 0 Å². The predicted octanol–water partition coefficient (Wildman–Crippen LogP) is 1.32. The van der Waals surface area contributed by atoms with Gasteiger partial charge in [-0.05, 0) is 118 Å². The summed E-state index contributed by atoms with van der Waals surface area (Å²) in [6.45, 7) is 12.9. The van der Waals surface area contributed by atoms with Crippen LogP contribution in [0.25, 0.3) is 0 Å². The van der Waals surface area contributed by atoms with E-state index in [9.17, 15) is 40.9 Å². The number of rotatable bonds is 7. The first-order valence-corrected chi connectivity index (χ1v) is 23.5. The van der Waals surface area contributed by atoms with Crippen LogP contribution >= 0.6 is 0 Å². The lowest BCUT2D eigenvalue weighted by molar-refractivity contribution is -0.389. The Kier molecular flexibility index (Phi) is 12.6. The van der Waals surface area contributed by atoms with Gasteiger partial charge in [-0.25, -0.2) is 0 Å². The van der Waals surface area contributed by atoms with Crippen molar-refractivity contribution in [3.63, 3.8) is 0 Å². The molecule has 0 bridgehead atoms. The minimum atomic E-state index is -1.70. The summed E-state index contributed by atoms with van der Waals surface area (Å²) >= 11 is 0. The number of aliphatic hydroxyl groups is 8. The van der Waals surface area contributed by atoms with Gasteiger partial charge in [0.25, 0.3) is 0 Å². The zero-order chi connectivity index (χ0) is 43.5. The Hall–Kier alpha value is -0.640. The molecule has 5 saturated heterocycles. The van der Waals surface area contributed by atoms with E-state index in [4.69, 9.17) is 37.9 Å². The van der Waals surface area contributed by atoms with Crippen LogP contribution in [0.15, 0.2) is 0 Å². The third-order valence-electron chi connectivity index (χ3n) is 18.2. The summed E-state index contributed by atoms with van der Waals surface area (Å²) in [5.41, 5.74) is 0.350. The Morgan fingerprint density at radius 3 is 1.85 bits per heavy atom. The molecule has 0 aromatic carbocycles. The first-order valence-electron chi connectivity index (χ1n) is 23.5. The van der Waals surface area contributed by atoms with E-state index in [2.05, 4.69) is 27.7 Å². The van der Waals surface area contributed by atoms with E-state index < -0.39 is 105 Å². The summed E-state index contributed by atoms with van der Waals surface area (Å²) in [6.07, 6.45) is -11.0. The molecule has 0 aromatic rings. The van der Waals surface area contributed by atoms with Crippen molar-refractivity contribution >= 4 is 0 Å². The van der Waals surface area contributed by atoms with Crippen molar-refractivity contribution in [2.24, 2.45) is 52.3 Å². The molecule has 9 fully saturated rings. The highest BCUT2D eigenvalue weighted by Gasteiger charge is 2.69. The number of fused-ring (bicyclic) bond motifs is 7. The van der Waals surface area contributed by atoms with Crippen LogP contribution in [0.3, 0.4) is 0 Å². The van der Waals surface area contributed by atoms with Gasteiger partial charge in [0, 0.05) is 12.3 Å². The van der Waals surface area contributed by atoms with Gasteiger partial charge in [-0.15, -0.1) is 0 Å². The molecule has 8 N–H and O–H groups in total. The topological polar surface area (TPSA) is 236 Å². The molecule has 0 radical (unpaired) electrons. The van der Waals surface area contributed by atoms with Gasteiger partial charge in [-0.1, -0.05) is 27.7 Å². The lowest BCUT2D eigenvalue weighted by Crippen LogP contribution is -2.66. The lowest BCUT2D eigenvalue weighted by atomic mass is 9.44. The van der Waals surface area contributed by atoms with Crippen LogP contribution in [0.1, 0.15) is 106 Å². The fourth-order valence-electron chi connectivity index (χ4n) is 14.6. The summed E-state index contributed by atoms with van der Waals surface area (Å²) in [5, 5.41) is 85.9. The molecular formula is C45H74O16. The van der Waals surface area contributed by atoms with Crippen LogP contribution in [0, 0.1) is 52.3 Å². The smallest absolute Gasteiger partial charge is 0.187 e. The van der Waals surface area contributed by atoms with Gasteiger partial charge >= 0.3 is 0 Å². The molecule has 16 nitrogen and oxygen atoms in total. The standard InChI is InChI=1S/C45H74O16/c1-19-9-14-45(54-18-19)20(2)30-28(61-45)16-27-25-8-7-23-15-24(10-12-43(23,5)26(25)11-13-44(27,30)6)57-42-39(60-41-36(52)34(50)32(48)22(4)56-41)37(53)38(29(17-46)58-42)59-40-35(51)33(49)31(47)21(3)55-40/h19-42,46-53H,7-18H2,1-6H3/t19-,20+,21-,22+,23+,24+,25-,26+,27-,28+,29-,30+,31-,32+,33+,34-,35+,36-,37+,38-,39-,40+,41+,42-,43+,44+,45-/m1/s1. The Morgan fingerprint density at radius 1 is 0.590 bits per heavy atom. The van der Waals surface area contributed by atoms with Gasteiger partial charge in [0.1, 0.15) is 61.0 Å². The van der Waals surface area contributed by atoms with Crippen molar-refractivity contribution in [1.29, 1.82) is 0 Å². The van der Waals surface area contributed by atoms with Gasteiger partial charge in [0.05, 0.1) is 37.6 Å². The first kappa shape index (κ1) is 45.5. The Balaban J connectivity index is 0.897. The minimum absolute atomic E-state index is 0.122. The quantitative estimate of drug-likeness (QED) is 0.169. The average molecular weight is 871 g/mol. The molecule has 61 heavy (non-hydrogen) atoms. The van der Waals surface area contributed by atoms with E-state index in [0.29, 0.717) is 41.4 Å². The highest BCUT2D eigenvalue weighted by atomic mass is 16.8. The zero-order valence-electron chi connectivity index (χ0n) is 36.7. The third kappa shape index (κ3) is 7.50. The van der Waals surface area contributed by atoms with E-state index >= 15 is 0 Å². The van der Waals surface area contributed by atoms with E-state index in [1.807, 2.05) is 0 Å². The van der Waals surface area contributed by atoms with E-state index in [0.717, 1.165) is 58.0 Å². The fraction of sp³-hybridized carbons (Fsp3) is 1.00. The summed E-state index contributed by atoms with van der Waals surface area (Å²) in [4.78, 5) is 0. The van der Waals surface area contributed by atoms with Crippen LogP contribution in [0.2, 0.25) is 0 Å². The number of aliphatic hydroxyl groups excluding tert-OH is 8. The predicted molar refractivity (Wildman–Crippen MR) is 213 cm³/mol. The van der Waals surface area contributed by atoms with Crippen molar-refractivity contribution in [2.45, 2.75) is 216 Å². The summed E-state index contributed by atoms with van der Waals surface area (Å²) in [6, 6.07) is 0. The van der Waals surface area contributed by atoms with Crippen molar-refractivity contribution < 1.29 is 78.7 Å². The number of hydrogen-bond acceptors (Lipinski definition) is 16. The third-order valence-corrected chi connectivity index (χ3v) is 18.2. The Morgan fingerprint density at radius 2 is 1.23 bits per heavy atom. The molecule has 16 heteroatoms. The van der Waals surface area contributed by atoms with Gasteiger partial charge in [0.15, 0.2) is 24.7 Å². The van der Waals surface area contributed by atoms with Crippen molar-refractivity contribution in [3.8, 4) is 0 Å². The normalized spacial score (nSPS) is 59.7. The Labute approximate surface area is 359 Å². The summed E-state index contributed by atoms with van der Waals surface area (Å²) < 4.78 is 50.3. The van der Waals surface area contributed by atoms with Crippen LogP contribution in [0.4, 0.5) is 0 Å². The van der Waals surface area contributed by atoms with Crippen LogP contribution < -0.4 is 0 Å². The monoisotopic (exact) mass is 870 g/mol. The molecule has 5 aliphatic heterocycles. The van der Waals surface area contributed by atoms with Crippen molar-refractivity contribution in [3.05, 3.63) is 0 Å². The average Bonchev–Trinajstić information content (AvgIpc) is 3.69. The molecule has 0 aromatic heterocycles. The molecule has 1 spiro atoms. The molecule has 4 aliphatic carbocycles. The number of hydrogen-bond donors (Lipinski definition) is 8. The van der Waals surface area contributed by atoms with E-state index in [1.165, 1.54) is 26.7 Å². The second kappa shape index (κ2) is 16.9. The maximum Gasteiger partial charge on any atom is 0.187 e. The van der Waals surface area contributed by atoms with E-state index in [-0.39, 0.29) is 23.0 Å². The number of ether oxygens (including phenoxy) is 8. The molecule has 0 amide bonds. The van der Waals surface area contributed by atoms with Gasteiger partial charge in [0.2, 0.25) is 0 Å². The molecule has 350 valence electrons. The molecule has 5 heterocycles. The molecule has 27 atom stereocenters. The van der Waals surface area contributed by atoms with Gasteiger partial charge < -0.3 is 78.7 Å².